The number of urea groups is 1. The van der Waals surface area contributed by atoms with Crippen LogP contribution in [0.4, 0.5) is 14.9 Å². The molecule has 3 amide bonds. The first-order valence-corrected chi connectivity index (χ1v) is 5.28. The van der Waals surface area contributed by atoms with Gasteiger partial charge in [0, 0.05) is 0 Å². The van der Waals surface area contributed by atoms with Crippen molar-refractivity contribution in [3.05, 3.63) is 41.5 Å². The van der Waals surface area contributed by atoms with Crippen LogP contribution in [0.25, 0.3) is 0 Å². The minimum atomic E-state index is -0.866. The van der Waals surface area contributed by atoms with Gasteiger partial charge >= 0.3 is 6.03 Å². The zero-order valence-electron chi connectivity index (χ0n) is 10.6. The number of allylic oxidation sites excluding steroid dienone is 2. The van der Waals surface area contributed by atoms with E-state index in [1.807, 2.05) is 5.32 Å². The fourth-order valence-electron chi connectivity index (χ4n) is 1.04. The van der Waals surface area contributed by atoms with Crippen molar-refractivity contribution >= 4 is 18.1 Å². The van der Waals surface area contributed by atoms with Crippen LogP contribution in [0, 0.1) is 28.5 Å². The summed E-state index contributed by atoms with van der Waals surface area (Å²) in [6.07, 6.45) is 0.250. The minimum Gasteiger partial charge on any atom is -0.388 e. The summed E-state index contributed by atoms with van der Waals surface area (Å²) in [6.45, 7) is 0. The zero-order chi connectivity index (χ0) is 16.3. The molecule has 0 saturated heterocycles. The molecule has 1 rings (SSSR count). The average Bonchev–Trinajstić information content (AvgIpc) is 2.47. The van der Waals surface area contributed by atoms with E-state index >= 15 is 0 Å². The molecule has 0 aliphatic carbocycles. The average molecular weight is 290 g/mol. The van der Waals surface area contributed by atoms with Gasteiger partial charge in [0.25, 0.3) is 0 Å². The van der Waals surface area contributed by atoms with Crippen molar-refractivity contribution in [3.63, 3.8) is 0 Å². The Morgan fingerprint density at radius 1 is 1.29 bits per heavy atom. The monoisotopic (exact) mass is 290 g/mol. The van der Waals surface area contributed by atoms with Crippen molar-refractivity contribution in [2.75, 3.05) is 5.32 Å². The standard InChI is InChI=1S/C11H8FN5O.CH3NO/c12-7-3-1-2-4-9(7)16-11(18)17-10(6-14)8(15)5-13;2-1-3/h1-4H,15H2,(H2,16,17,18);1H,(H2,2,3)/b10-8-;. The van der Waals surface area contributed by atoms with Gasteiger partial charge in [-0.2, -0.15) is 10.5 Å². The van der Waals surface area contributed by atoms with Crippen molar-refractivity contribution in [2.45, 2.75) is 0 Å². The molecule has 6 N–H and O–H groups in total. The molecular weight excluding hydrogens is 279 g/mol. The molecular formula is C12H11FN6O2. The Hall–Kier alpha value is -3.59. The lowest BCUT2D eigenvalue weighted by Gasteiger charge is -2.07. The lowest BCUT2D eigenvalue weighted by Crippen LogP contribution is -2.29. The van der Waals surface area contributed by atoms with E-state index in [9.17, 15) is 9.18 Å². The number of rotatable bonds is 2. The normalized spacial score (nSPS) is 9.67. The molecule has 0 unspecified atom stereocenters. The number of nitrogens with zero attached hydrogens (tertiary/aromatic N) is 2. The van der Waals surface area contributed by atoms with Crippen LogP contribution in [-0.4, -0.2) is 12.4 Å². The van der Waals surface area contributed by atoms with Crippen LogP contribution < -0.4 is 22.1 Å². The SMILES string of the molecule is N#C/C(N)=C(\C#N)NC(=O)Nc1ccccc1F.NC=O. The highest BCUT2D eigenvalue weighted by Gasteiger charge is 2.09. The molecule has 0 aromatic heterocycles. The molecule has 0 aliphatic heterocycles. The number of amides is 3. The van der Waals surface area contributed by atoms with Crippen molar-refractivity contribution in [1.29, 1.82) is 10.5 Å². The third-order valence-corrected chi connectivity index (χ3v) is 1.86. The minimum absolute atomic E-state index is 0.0529. The fourth-order valence-corrected chi connectivity index (χ4v) is 1.04. The molecule has 0 radical (unpaired) electrons. The van der Waals surface area contributed by atoms with E-state index in [0.29, 0.717) is 0 Å². The third kappa shape index (κ3) is 6.22. The molecule has 0 spiro atoms. The molecule has 21 heavy (non-hydrogen) atoms. The maximum Gasteiger partial charge on any atom is 0.324 e. The second-order valence-electron chi connectivity index (χ2n) is 3.21. The van der Waals surface area contributed by atoms with Gasteiger partial charge in [-0.05, 0) is 12.1 Å². The molecule has 0 aliphatic rings. The van der Waals surface area contributed by atoms with E-state index in [-0.39, 0.29) is 12.1 Å². The van der Waals surface area contributed by atoms with Crippen LogP contribution in [0.1, 0.15) is 0 Å². The molecule has 1 aromatic rings. The number of para-hydroxylation sites is 1. The number of nitrogens with one attached hydrogen (secondary N) is 2. The van der Waals surface area contributed by atoms with E-state index in [4.69, 9.17) is 21.1 Å². The number of carbonyl (C=O) groups excluding carboxylic acids is 2. The van der Waals surface area contributed by atoms with Crippen LogP contribution in [0.3, 0.4) is 0 Å². The molecule has 1 aromatic carbocycles. The largest absolute Gasteiger partial charge is 0.388 e. The molecule has 0 bridgehead atoms. The maximum atomic E-state index is 13.2. The maximum absolute atomic E-state index is 13.2. The fraction of sp³-hybridized carbons (Fsp3) is 0. The molecule has 0 heterocycles. The first-order valence-electron chi connectivity index (χ1n) is 5.28. The Morgan fingerprint density at radius 3 is 2.33 bits per heavy atom. The Kier molecular flexibility index (Phi) is 7.76. The van der Waals surface area contributed by atoms with Crippen LogP contribution in [0.15, 0.2) is 35.7 Å². The second kappa shape index (κ2) is 9.35. The summed E-state index contributed by atoms with van der Waals surface area (Å²) in [4.78, 5) is 20.0. The van der Waals surface area contributed by atoms with Crippen LogP contribution in [0.2, 0.25) is 0 Å². The first-order chi connectivity index (χ1) is 9.99. The van der Waals surface area contributed by atoms with Gasteiger partial charge in [0.2, 0.25) is 6.41 Å². The summed E-state index contributed by atoms with van der Waals surface area (Å²) in [5, 5.41) is 21.3. The van der Waals surface area contributed by atoms with Gasteiger partial charge in [-0.25, -0.2) is 9.18 Å². The van der Waals surface area contributed by atoms with Crippen LogP contribution >= 0.6 is 0 Å². The lowest BCUT2D eigenvalue weighted by molar-refractivity contribution is -0.106. The molecule has 8 nitrogen and oxygen atoms in total. The van der Waals surface area contributed by atoms with Gasteiger partial charge in [0.15, 0.2) is 5.70 Å². The molecule has 0 atom stereocenters. The van der Waals surface area contributed by atoms with Crippen molar-refractivity contribution < 1.29 is 14.0 Å². The van der Waals surface area contributed by atoms with Crippen molar-refractivity contribution in [2.24, 2.45) is 11.5 Å². The zero-order valence-corrected chi connectivity index (χ0v) is 10.6. The van der Waals surface area contributed by atoms with Gasteiger partial charge in [-0.15, -0.1) is 0 Å². The first kappa shape index (κ1) is 17.4. The second-order valence-corrected chi connectivity index (χ2v) is 3.21. The van der Waals surface area contributed by atoms with Gasteiger partial charge in [0.05, 0.1) is 5.69 Å². The van der Waals surface area contributed by atoms with Crippen molar-refractivity contribution in [3.8, 4) is 12.1 Å². The number of halogens is 1. The van der Waals surface area contributed by atoms with E-state index in [2.05, 4.69) is 11.1 Å². The Morgan fingerprint density at radius 2 is 1.86 bits per heavy atom. The Balaban J connectivity index is 0.00000122. The molecule has 0 saturated carbocycles. The predicted molar refractivity (Wildman–Crippen MR) is 71.2 cm³/mol. The van der Waals surface area contributed by atoms with E-state index < -0.39 is 23.2 Å². The third-order valence-electron chi connectivity index (χ3n) is 1.86. The summed E-state index contributed by atoms with van der Waals surface area (Å²) >= 11 is 0. The molecule has 108 valence electrons. The van der Waals surface area contributed by atoms with Gasteiger partial charge in [-0.3, -0.25) is 10.1 Å². The highest BCUT2D eigenvalue weighted by atomic mass is 19.1. The highest BCUT2D eigenvalue weighted by Crippen LogP contribution is 2.12. The van der Waals surface area contributed by atoms with Gasteiger partial charge in [-0.1, -0.05) is 12.1 Å². The predicted octanol–water partition coefficient (Wildman–Crippen LogP) is 0.266. The highest BCUT2D eigenvalue weighted by molar-refractivity contribution is 5.91. The smallest absolute Gasteiger partial charge is 0.324 e. The summed E-state index contributed by atoms with van der Waals surface area (Å²) < 4.78 is 13.2. The topological polar surface area (TPSA) is 158 Å². The van der Waals surface area contributed by atoms with Crippen LogP contribution in [0.5, 0.6) is 0 Å². The summed E-state index contributed by atoms with van der Waals surface area (Å²) in [6, 6.07) is 7.71. The summed E-state index contributed by atoms with van der Waals surface area (Å²) in [7, 11) is 0. The van der Waals surface area contributed by atoms with Gasteiger partial charge in [0.1, 0.15) is 23.7 Å². The quantitative estimate of drug-likeness (QED) is 0.453. The Labute approximate surface area is 119 Å². The number of carbonyl (C=O) groups is 2. The number of primary amides is 1. The number of nitrogens with two attached hydrogens (primary N) is 2. The van der Waals surface area contributed by atoms with Crippen molar-refractivity contribution in [1.82, 2.24) is 5.32 Å². The number of anilines is 1. The molecule has 0 fully saturated rings. The van der Waals surface area contributed by atoms with Crippen LogP contribution in [-0.2, 0) is 4.79 Å². The Bertz CT molecular complexity index is 629. The lowest BCUT2D eigenvalue weighted by atomic mass is 10.3. The molecule has 9 heteroatoms. The van der Waals surface area contributed by atoms with E-state index in [0.717, 1.165) is 0 Å². The summed E-state index contributed by atoms with van der Waals surface area (Å²) in [5.41, 5.74) is 8.47. The van der Waals surface area contributed by atoms with E-state index in [1.165, 1.54) is 30.3 Å². The summed E-state index contributed by atoms with van der Waals surface area (Å²) in [5.74, 6) is -0.622. The number of hydrogen-bond acceptors (Lipinski definition) is 5. The number of nitriles is 2. The number of benzene rings is 1. The number of hydrogen-bond donors (Lipinski definition) is 4. The van der Waals surface area contributed by atoms with Gasteiger partial charge < -0.3 is 16.8 Å². The van der Waals surface area contributed by atoms with E-state index in [1.54, 1.807) is 6.07 Å².